The Morgan fingerprint density at radius 2 is 2.14 bits per heavy atom. The van der Waals surface area contributed by atoms with E-state index in [4.69, 9.17) is 11.6 Å². The number of carbonyl (C=O) groups is 2. The molecule has 1 N–H and O–H groups in total. The van der Waals surface area contributed by atoms with Crippen molar-refractivity contribution in [2.45, 2.75) is 11.7 Å². The third kappa shape index (κ3) is 3.16. The molecule has 0 aliphatic carbocycles. The van der Waals surface area contributed by atoms with Crippen molar-refractivity contribution in [3.8, 4) is 0 Å². The number of halogens is 2. The van der Waals surface area contributed by atoms with Crippen molar-refractivity contribution in [3.05, 3.63) is 28.8 Å². The summed E-state index contributed by atoms with van der Waals surface area (Å²) in [4.78, 5) is 24.8. The molecule has 0 spiro atoms. The first-order valence-corrected chi connectivity index (χ1v) is 7.82. The molecule has 1 fully saturated rings. The first kappa shape index (κ1) is 15.7. The number of benzene rings is 1. The van der Waals surface area contributed by atoms with Crippen molar-refractivity contribution in [1.82, 2.24) is 5.32 Å². The van der Waals surface area contributed by atoms with Crippen LogP contribution in [0.25, 0.3) is 0 Å². The number of hydrogen-bond donors (Lipinski definition) is 1. The maximum absolute atomic E-state index is 13.0. The second-order valence-corrected chi connectivity index (χ2v) is 6.60. The molecule has 0 bridgehead atoms. The van der Waals surface area contributed by atoms with Gasteiger partial charge in [-0.1, -0.05) is 11.6 Å². The average Bonchev–Trinajstić information content (AvgIpc) is 2.80. The van der Waals surface area contributed by atoms with E-state index in [1.807, 2.05) is 0 Å². The van der Waals surface area contributed by atoms with E-state index in [2.05, 4.69) is 5.32 Å². The number of carbonyl (C=O) groups excluding carboxylic acids is 2. The normalized spacial score (nSPS) is 18.9. The lowest BCUT2D eigenvalue weighted by molar-refractivity contribution is -0.117. The first-order valence-electron chi connectivity index (χ1n) is 5.99. The minimum absolute atomic E-state index is 0.121. The molecule has 1 atom stereocenters. The lowest BCUT2D eigenvalue weighted by Crippen LogP contribution is -2.30. The molecule has 1 aromatic carbocycles. The molecular weight excluding hydrogens is 323 g/mol. The molecule has 1 saturated heterocycles. The Morgan fingerprint density at radius 3 is 2.67 bits per heavy atom. The molecule has 1 aromatic rings. The van der Waals surface area contributed by atoms with Gasteiger partial charge in [-0.15, -0.1) is 3.89 Å². The second-order valence-electron chi connectivity index (χ2n) is 4.55. The maximum atomic E-state index is 13.0. The second kappa shape index (κ2) is 5.61. The van der Waals surface area contributed by atoms with Crippen LogP contribution in [0.4, 0.5) is 9.57 Å². The lowest BCUT2D eigenvalue weighted by atomic mass is 10.1. The fourth-order valence-corrected chi connectivity index (χ4v) is 3.00. The van der Waals surface area contributed by atoms with E-state index in [9.17, 15) is 21.9 Å². The van der Waals surface area contributed by atoms with Crippen molar-refractivity contribution in [2.75, 3.05) is 18.5 Å². The van der Waals surface area contributed by atoms with E-state index in [0.29, 0.717) is 5.02 Å². The summed E-state index contributed by atoms with van der Waals surface area (Å²) in [6, 6.07) is 4.26. The van der Waals surface area contributed by atoms with Crippen LogP contribution >= 0.6 is 11.6 Å². The molecule has 0 radical (unpaired) electrons. The number of nitrogens with one attached hydrogen (secondary N) is 1. The predicted molar refractivity (Wildman–Crippen MR) is 75.6 cm³/mol. The van der Waals surface area contributed by atoms with E-state index in [1.165, 1.54) is 25.2 Å². The summed E-state index contributed by atoms with van der Waals surface area (Å²) in [5, 5.41) is 1.27. The Bertz CT molecular complexity index is 707. The molecule has 0 aromatic heterocycles. The van der Waals surface area contributed by atoms with Gasteiger partial charge in [0.1, 0.15) is 5.25 Å². The van der Waals surface area contributed by atoms with Gasteiger partial charge in [-0.3, -0.25) is 9.59 Å². The maximum Gasteiger partial charge on any atom is 0.307 e. The van der Waals surface area contributed by atoms with Crippen molar-refractivity contribution < 1.29 is 21.9 Å². The molecule has 9 heteroatoms. The Hall–Kier alpha value is -1.67. The van der Waals surface area contributed by atoms with Gasteiger partial charge in [0, 0.05) is 25.0 Å². The quantitative estimate of drug-likeness (QED) is 0.839. The highest BCUT2D eigenvalue weighted by atomic mass is 35.5. The van der Waals surface area contributed by atoms with E-state index in [-0.39, 0.29) is 17.8 Å². The summed E-state index contributed by atoms with van der Waals surface area (Å²) in [7, 11) is -3.40. The molecule has 1 unspecified atom stereocenters. The standard InChI is InChI=1S/C12H12ClFN2O4S/c1-15-12(18)9-4-7(13)2-3-10(9)16-6-8(5-11(16)17)21(14,19)20/h2-4,8H,5-6H2,1H3,(H,15,18). The van der Waals surface area contributed by atoms with Gasteiger partial charge in [0.15, 0.2) is 0 Å². The van der Waals surface area contributed by atoms with Crippen LogP contribution in [-0.2, 0) is 15.0 Å². The lowest BCUT2D eigenvalue weighted by Gasteiger charge is -2.19. The van der Waals surface area contributed by atoms with Crippen LogP contribution in [0.15, 0.2) is 18.2 Å². The third-order valence-corrected chi connectivity index (χ3v) is 4.56. The van der Waals surface area contributed by atoms with Crippen LogP contribution in [0.5, 0.6) is 0 Å². The smallest absolute Gasteiger partial charge is 0.307 e. The summed E-state index contributed by atoms with van der Waals surface area (Å²) in [5.74, 6) is -1.04. The van der Waals surface area contributed by atoms with Crippen LogP contribution in [-0.4, -0.2) is 39.1 Å². The van der Waals surface area contributed by atoms with Gasteiger partial charge in [-0.25, -0.2) is 0 Å². The third-order valence-electron chi connectivity index (χ3n) is 3.21. The van der Waals surface area contributed by atoms with Crippen LogP contribution in [0.2, 0.25) is 5.02 Å². The number of hydrogen-bond acceptors (Lipinski definition) is 4. The summed E-state index contributed by atoms with van der Waals surface area (Å²) in [6.07, 6.45) is -0.450. The fourth-order valence-electron chi connectivity index (χ4n) is 2.16. The molecule has 6 nitrogen and oxygen atoms in total. The molecule has 1 aliphatic rings. The Morgan fingerprint density at radius 1 is 1.48 bits per heavy atom. The summed E-state index contributed by atoms with van der Waals surface area (Å²) < 4.78 is 34.9. The summed E-state index contributed by atoms with van der Waals surface area (Å²) >= 11 is 5.82. The zero-order valence-electron chi connectivity index (χ0n) is 11.0. The van der Waals surface area contributed by atoms with Crippen molar-refractivity contribution in [2.24, 2.45) is 0 Å². The summed E-state index contributed by atoms with van der Waals surface area (Å²) in [5.41, 5.74) is 0.324. The zero-order chi connectivity index (χ0) is 15.8. The Kier molecular flexibility index (Phi) is 4.20. The first-order chi connectivity index (χ1) is 9.74. The average molecular weight is 335 g/mol. The van der Waals surface area contributed by atoms with Gasteiger partial charge in [0.2, 0.25) is 5.91 Å². The number of nitrogens with zero attached hydrogens (tertiary/aromatic N) is 1. The monoisotopic (exact) mass is 334 g/mol. The zero-order valence-corrected chi connectivity index (χ0v) is 12.5. The number of rotatable bonds is 3. The fraction of sp³-hybridized carbons (Fsp3) is 0.333. The Balaban J connectivity index is 2.43. The van der Waals surface area contributed by atoms with Crippen molar-refractivity contribution in [3.63, 3.8) is 0 Å². The van der Waals surface area contributed by atoms with E-state index in [1.54, 1.807) is 0 Å². The highest BCUT2D eigenvalue weighted by Crippen LogP contribution is 2.30. The number of amides is 2. The van der Waals surface area contributed by atoms with Crippen LogP contribution in [0.1, 0.15) is 16.8 Å². The topological polar surface area (TPSA) is 83.6 Å². The van der Waals surface area contributed by atoms with Gasteiger partial charge >= 0.3 is 10.2 Å². The minimum atomic E-state index is -4.81. The largest absolute Gasteiger partial charge is 0.355 e. The van der Waals surface area contributed by atoms with E-state index >= 15 is 0 Å². The Labute approximate surface area is 126 Å². The number of anilines is 1. The van der Waals surface area contributed by atoms with Gasteiger partial charge in [0.25, 0.3) is 5.91 Å². The molecule has 2 amide bonds. The highest BCUT2D eigenvalue weighted by molar-refractivity contribution is 7.87. The van der Waals surface area contributed by atoms with Crippen molar-refractivity contribution in [1.29, 1.82) is 0 Å². The summed E-state index contributed by atoms with van der Waals surface area (Å²) in [6.45, 7) is -0.330. The van der Waals surface area contributed by atoms with E-state index in [0.717, 1.165) is 4.90 Å². The molecule has 1 aliphatic heterocycles. The van der Waals surface area contributed by atoms with Gasteiger partial charge in [-0.2, -0.15) is 8.42 Å². The van der Waals surface area contributed by atoms with Gasteiger partial charge in [0.05, 0.1) is 11.3 Å². The molecule has 0 saturated carbocycles. The van der Waals surface area contributed by atoms with E-state index < -0.39 is 33.7 Å². The van der Waals surface area contributed by atoms with Crippen LogP contribution in [0.3, 0.4) is 0 Å². The molecule has 114 valence electrons. The minimum Gasteiger partial charge on any atom is -0.355 e. The van der Waals surface area contributed by atoms with Crippen LogP contribution in [0, 0.1) is 0 Å². The molecule has 2 rings (SSSR count). The SMILES string of the molecule is CNC(=O)c1cc(Cl)ccc1N1CC(S(=O)(=O)F)CC1=O. The van der Waals surface area contributed by atoms with Gasteiger partial charge < -0.3 is 10.2 Å². The highest BCUT2D eigenvalue weighted by Gasteiger charge is 2.40. The van der Waals surface area contributed by atoms with Crippen LogP contribution < -0.4 is 10.2 Å². The molecular formula is C12H12ClFN2O4S. The molecule has 1 heterocycles. The van der Waals surface area contributed by atoms with Crippen molar-refractivity contribution >= 4 is 39.3 Å². The predicted octanol–water partition coefficient (Wildman–Crippen LogP) is 1.10. The van der Waals surface area contributed by atoms with Gasteiger partial charge in [-0.05, 0) is 18.2 Å². The molecule has 21 heavy (non-hydrogen) atoms.